The van der Waals surface area contributed by atoms with Gasteiger partial charge in [0.05, 0.1) is 0 Å². The topological polar surface area (TPSA) is 99.2 Å². The largest absolute Gasteiger partial charge is 0.465 e. The number of carbonyl (C=O) groups excluding carboxylic acids is 2. The third-order valence-electron chi connectivity index (χ3n) is 5.10. The highest BCUT2D eigenvalue weighted by molar-refractivity contribution is 5.86. The van der Waals surface area contributed by atoms with E-state index >= 15 is 0 Å². The molecule has 1 saturated heterocycles. The van der Waals surface area contributed by atoms with Gasteiger partial charge in [-0.25, -0.2) is 9.59 Å². The Morgan fingerprint density at radius 3 is 2.33 bits per heavy atom. The number of nitrogens with one attached hydrogen (secondary N) is 1. The monoisotopic (exact) mass is 427 g/mol. The Bertz CT molecular complexity index is 595. The van der Waals surface area contributed by atoms with Gasteiger partial charge >= 0.3 is 12.2 Å². The van der Waals surface area contributed by atoms with Gasteiger partial charge in [-0.05, 0) is 73.6 Å². The average Bonchev–Trinajstić information content (AvgIpc) is 2.72. The van der Waals surface area contributed by atoms with Crippen LogP contribution in [0.5, 0.6) is 0 Å². The van der Waals surface area contributed by atoms with Crippen molar-refractivity contribution in [3.63, 3.8) is 0 Å². The smallest absolute Gasteiger partial charge is 0.408 e. The Balaban J connectivity index is 2.84. The van der Waals surface area contributed by atoms with Crippen LogP contribution >= 0.6 is 0 Å². The third-order valence-corrected chi connectivity index (χ3v) is 5.10. The lowest BCUT2D eigenvalue weighted by atomic mass is 10.00. The summed E-state index contributed by atoms with van der Waals surface area (Å²) in [6, 6.07) is -0.772. The van der Waals surface area contributed by atoms with Crippen LogP contribution in [0.2, 0.25) is 0 Å². The fourth-order valence-electron chi connectivity index (χ4n) is 3.86. The molecule has 8 nitrogen and oxygen atoms in total. The Labute approximate surface area is 181 Å². The highest BCUT2D eigenvalue weighted by atomic mass is 16.6. The van der Waals surface area contributed by atoms with E-state index in [1.807, 2.05) is 48.5 Å². The van der Waals surface area contributed by atoms with Crippen LogP contribution in [0.1, 0.15) is 87.0 Å². The van der Waals surface area contributed by atoms with Gasteiger partial charge in [-0.1, -0.05) is 13.3 Å². The first kappa shape index (κ1) is 26.0. The number of alkyl carbamates (subject to hydrolysis) is 1. The highest BCUT2D eigenvalue weighted by Crippen LogP contribution is 2.25. The molecular weight excluding hydrogens is 386 g/mol. The molecule has 0 aliphatic carbocycles. The van der Waals surface area contributed by atoms with Crippen LogP contribution in [0.4, 0.5) is 9.59 Å². The van der Waals surface area contributed by atoms with E-state index < -0.39 is 29.4 Å². The molecule has 3 amide bonds. The molecule has 1 rings (SSSR count). The van der Waals surface area contributed by atoms with Crippen LogP contribution in [0.25, 0.3) is 0 Å². The van der Waals surface area contributed by atoms with Crippen molar-refractivity contribution in [3.05, 3.63) is 0 Å². The van der Waals surface area contributed by atoms with Crippen LogP contribution in [-0.2, 0) is 9.53 Å². The minimum absolute atomic E-state index is 0.0995. The lowest BCUT2D eigenvalue weighted by Crippen LogP contribution is -2.57. The van der Waals surface area contributed by atoms with Gasteiger partial charge in [-0.3, -0.25) is 9.69 Å². The molecule has 0 aromatic heterocycles. The SMILES string of the molecule is CCCC(CCN1CCCCC(N(C(=O)O)C(C)(C)C)C1=O)NC(=O)OC(C)(C)C. The number of carboxylic acid groups (broad SMARTS) is 1. The van der Waals surface area contributed by atoms with E-state index in [9.17, 15) is 19.5 Å². The van der Waals surface area contributed by atoms with Crippen molar-refractivity contribution in [3.8, 4) is 0 Å². The van der Waals surface area contributed by atoms with Gasteiger partial charge in [-0.2, -0.15) is 0 Å². The van der Waals surface area contributed by atoms with Crippen molar-refractivity contribution in [1.82, 2.24) is 15.1 Å². The number of ether oxygens (including phenoxy) is 1. The van der Waals surface area contributed by atoms with Crippen molar-refractivity contribution in [2.45, 2.75) is 110 Å². The molecule has 0 bridgehead atoms. The van der Waals surface area contributed by atoms with E-state index in [-0.39, 0.29) is 11.9 Å². The van der Waals surface area contributed by atoms with E-state index in [2.05, 4.69) is 5.32 Å². The zero-order valence-electron chi connectivity index (χ0n) is 19.8. The molecule has 1 aliphatic rings. The molecule has 0 saturated carbocycles. The summed E-state index contributed by atoms with van der Waals surface area (Å²) >= 11 is 0. The first-order valence-corrected chi connectivity index (χ1v) is 11.1. The fourth-order valence-corrected chi connectivity index (χ4v) is 3.86. The quantitative estimate of drug-likeness (QED) is 0.633. The molecule has 30 heavy (non-hydrogen) atoms. The molecule has 0 aromatic carbocycles. The molecule has 1 heterocycles. The number of amides is 3. The molecule has 2 N–H and O–H groups in total. The van der Waals surface area contributed by atoms with Gasteiger partial charge in [0.2, 0.25) is 5.91 Å². The zero-order chi connectivity index (χ0) is 23.1. The van der Waals surface area contributed by atoms with Crippen molar-refractivity contribution >= 4 is 18.1 Å². The van der Waals surface area contributed by atoms with Gasteiger partial charge < -0.3 is 20.1 Å². The average molecular weight is 428 g/mol. The molecule has 174 valence electrons. The lowest BCUT2D eigenvalue weighted by Gasteiger charge is -2.39. The minimum Gasteiger partial charge on any atom is -0.465 e. The first-order chi connectivity index (χ1) is 13.8. The molecule has 0 radical (unpaired) electrons. The summed E-state index contributed by atoms with van der Waals surface area (Å²) in [5, 5.41) is 12.6. The van der Waals surface area contributed by atoms with Crippen molar-refractivity contribution in [1.29, 1.82) is 0 Å². The summed E-state index contributed by atoms with van der Waals surface area (Å²) in [5.41, 5.74) is -1.23. The highest BCUT2D eigenvalue weighted by Gasteiger charge is 2.40. The Morgan fingerprint density at radius 1 is 1.20 bits per heavy atom. The molecule has 1 fully saturated rings. The van der Waals surface area contributed by atoms with Gasteiger partial charge in [-0.15, -0.1) is 0 Å². The van der Waals surface area contributed by atoms with E-state index in [1.54, 1.807) is 4.90 Å². The molecule has 1 aliphatic heterocycles. The maximum Gasteiger partial charge on any atom is 0.408 e. The molecule has 2 unspecified atom stereocenters. The van der Waals surface area contributed by atoms with Gasteiger partial charge in [0.15, 0.2) is 0 Å². The van der Waals surface area contributed by atoms with E-state index in [1.165, 1.54) is 4.90 Å². The summed E-state index contributed by atoms with van der Waals surface area (Å²) in [4.78, 5) is 40.3. The van der Waals surface area contributed by atoms with Crippen LogP contribution in [0, 0.1) is 0 Å². The van der Waals surface area contributed by atoms with Gasteiger partial charge in [0.1, 0.15) is 11.6 Å². The zero-order valence-corrected chi connectivity index (χ0v) is 19.8. The second kappa shape index (κ2) is 10.9. The molecule has 8 heteroatoms. The van der Waals surface area contributed by atoms with Crippen molar-refractivity contribution < 1.29 is 24.2 Å². The normalized spacial score (nSPS) is 19.1. The Morgan fingerprint density at radius 2 is 1.83 bits per heavy atom. The Kier molecular flexibility index (Phi) is 9.43. The summed E-state index contributed by atoms with van der Waals surface area (Å²) in [7, 11) is 0. The summed E-state index contributed by atoms with van der Waals surface area (Å²) in [6.45, 7) is 14.0. The second-order valence-corrected chi connectivity index (χ2v) is 10.1. The van der Waals surface area contributed by atoms with Crippen LogP contribution in [0.3, 0.4) is 0 Å². The Hall–Kier alpha value is -1.99. The maximum absolute atomic E-state index is 13.2. The molecule has 0 spiro atoms. The fraction of sp³-hybridized carbons (Fsp3) is 0.864. The minimum atomic E-state index is -1.07. The van der Waals surface area contributed by atoms with Crippen LogP contribution in [0.15, 0.2) is 0 Å². The van der Waals surface area contributed by atoms with E-state index in [4.69, 9.17) is 4.74 Å². The summed E-state index contributed by atoms with van der Waals surface area (Å²) < 4.78 is 5.36. The number of nitrogens with zero attached hydrogens (tertiary/aromatic N) is 2. The third kappa shape index (κ3) is 8.40. The van der Waals surface area contributed by atoms with E-state index in [0.29, 0.717) is 25.9 Å². The number of rotatable bonds is 7. The first-order valence-electron chi connectivity index (χ1n) is 11.1. The molecule has 2 atom stereocenters. The van der Waals surface area contributed by atoms with Crippen LogP contribution < -0.4 is 5.32 Å². The van der Waals surface area contributed by atoms with Crippen molar-refractivity contribution in [2.24, 2.45) is 0 Å². The predicted molar refractivity (Wildman–Crippen MR) is 117 cm³/mol. The van der Waals surface area contributed by atoms with Crippen LogP contribution in [-0.4, -0.2) is 69.3 Å². The lowest BCUT2D eigenvalue weighted by molar-refractivity contribution is -0.137. The molecular formula is C22H41N3O5. The van der Waals surface area contributed by atoms with Crippen molar-refractivity contribution in [2.75, 3.05) is 13.1 Å². The summed E-state index contributed by atoms with van der Waals surface area (Å²) in [6.07, 6.45) is 2.95. The number of hydrogen-bond acceptors (Lipinski definition) is 4. The van der Waals surface area contributed by atoms with Gasteiger partial charge in [0, 0.05) is 24.7 Å². The summed E-state index contributed by atoms with van der Waals surface area (Å²) in [5.74, 6) is -0.141. The maximum atomic E-state index is 13.2. The number of hydrogen-bond donors (Lipinski definition) is 2. The predicted octanol–water partition coefficient (Wildman–Crippen LogP) is 4.23. The second-order valence-electron chi connectivity index (χ2n) is 10.1. The standard InChI is InChI=1S/C22H41N3O5/c1-8-11-16(23-19(27)30-22(5,6)7)13-15-24-14-10-9-12-17(18(24)26)25(20(28)29)21(2,3)4/h16-17H,8-15H2,1-7H3,(H,23,27)(H,28,29). The van der Waals surface area contributed by atoms with Gasteiger partial charge in [0.25, 0.3) is 0 Å². The molecule has 0 aromatic rings. The number of likely N-dealkylation sites (tertiary alicyclic amines) is 1. The van der Waals surface area contributed by atoms with E-state index in [0.717, 1.165) is 25.7 Å². The number of carbonyl (C=O) groups is 3.